The molecule has 2 aromatic carbocycles. The summed E-state index contributed by atoms with van der Waals surface area (Å²) in [6, 6.07) is 14.6. The van der Waals surface area contributed by atoms with Crippen molar-refractivity contribution in [3.63, 3.8) is 0 Å². The number of rotatable bonds is 7. The molecule has 4 rings (SSSR count). The molecule has 1 aromatic heterocycles. The van der Waals surface area contributed by atoms with Gasteiger partial charge in [-0.25, -0.2) is 15.2 Å². The molecule has 0 unspecified atom stereocenters. The predicted octanol–water partition coefficient (Wildman–Crippen LogP) is 2.85. The number of nitrogens with two attached hydrogens (primary N) is 1. The van der Waals surface area contributed by atoms with Crippen LogP contribution in [-0.4, -0.2) is 53.5 Å². The van der Waals surface area contributed by atoms with Crippen LogP contribution in [0.2, 0.25) is 0 Å². The Morgan fingerprint density at radius 2 is 1.79 bits per heavy atom. The van der Waals surface area contributed by atoms with Crippen LogP contribution in [0.4, 0.5) is 33.2 Å². The summed E-state index contributed by atoms with van der Waals surface area (Å²) in [5.41, 5.74) is 4.66. The molecule has 3 aromatic rings. The maximum absolute atomic E-state index is 14.4. The molecule has 1 aliphatic heterocycles. The van der Waals surface area contributed by atoms with Crippen molar-refractivity contribution in [3.05, 3.63) is 66.1 Å². The Morgan fingerprint density at radius 1 is 1.06 bits per heavy atom. The molecular weight excluding hydrogens is 423 g/mol. The molecule has 33 heavy (non-hydrogen) atoms. The topological polar surface area (TPSA) is 111 Å². The Labute approximate surface area is 191 Å². The number of hydrazine groups is 1. The lowest BCUT2D eigenvalue weighted by Gasteiger charge is -2.35. The third-order valence-electron chi connectivity index (χ3n) is 5.61. The SMILES string of the molecule is CCN1CCN(c2ccc(Nc3ncc(F)c(Nc4ccccc4C(=O)NN)n3)cc2)CC1. The molecule has 0 bridgehead atoms. The minimum atomic E-state index is -0.648. The number of benzene rings is 2. The number of likely N-dealkylation sites (N-methyl/N-ethyl adjacent to an activating group) is 1. The summed E-state index contributed by atoms with van der Waals surface area (Å²) in [7, 11) is 0. The van der Waals surface area contributed by atoms with Crippen LogP contribution in [0.1, 0.15) is 17.3 Å². The van der Waals surface area contributed by atoms with Gasteiger partial charge in [-0.2, -0.15) is 4.98 Å². The molecule has 1 saturated heterocycles. The summed E-state index contributed by atoms with van der Waals surface area (Å²) in [6.45, 7) is 7.39. The highest BCUT2D eigenvalue weighted by molar-refractivity contribution is 5.99. The van der Waals surface area contributed by atoms with Crippen LogP contribution in [0.25, 0.3) is 0 Å². The number of halogens is 1. The second kappa shape index (κ2) is 10.2. The molecule has 0 aliphatic carbocycles. The molecule has 172 valence electrons. The van der Waals surface area contributed by atoms with Crippen molar-refractivity contribution in [2.75, 3.05) is 48.3 Å². The molecule has 5 N–H and O–H groups in total. The molecule has 10 heteroatoms. The van der Waals surface area contributed by atoms with E-state index in [4.69, 9.17) is 5.84 Å². The van der Waals surface area contributed by atoms with E-state index in [0.717, 1.165) is 50.3 Å². The van der Waals surface area contributed by atoms with Crippen molar-refractivity contribution in [2.45, 2.75) is 6.92 Å². The zero-order chi connectivity index (χ0) is 23.2. The lowest BCUT2D eigenvalue weighted by Crippen LogP contribution is -2.46. The number of aromatic nitrogens is 2. The Morgan fingerprint density at radius 3 is 2.48 bits per heavy atom. The number of amides is 1. The van der Waals surface area contributed by atoms with Crippen LogP contribution < -0.4 is 26.8 Å². The van der Waals surface area contributed by atoms with E-state index in [-0.39, 0.29) is 17.3 Å². The second-order valence-corrected chi connectivity index (χ2v) is 7.63. The van der Waals surface area contributed by atoms with E-state index in [2.05, 4.69) is 42.8 Å². The van der Waals surface area contributed by atoms with Crippen LogP contribution in [0, 0.1) is 5.82 Å². The van der Waals surface area contributed by atoms with E-state index in [0.29, 0.717) is 5.69 Å². The van der Waals surface area contributed by atoms with Crippen LogP contribution in [-0.2, 0) is 0 Å². The molecule has 0 radical (unpaired) electrons. The smallest absolute Gasteiger partial charge is 0.267 e. The number of nitrogen functional groups attached to an aromatic ring is 1. The van der Waals surface area contributed by atoms with Gasteiger partial charge in [0, 0.05) is 37.6 Å². The average molecular weight is 451 g/mol. The number of hydrogen-bond acceptors (Lipinski definition) is 8. The molecule has 0 saturated carbocycles. The number of piperazine rings is 1. The summed E-state index contributed by atoms with van der Waals surface area (Å²) in [6.07, 6.45) is 1.07. The Hall–Kier alpha value is -3.76. The number of anilines is 5. The highest BCUT2D eigenvalue weighted by atomic mass is 19.1. The zero-order valence-corrected chi connectivity index (χ0v) is 18.4. The molecule has 9 nitrogen and oxygen atoms in total. The van der Waals surface area contributed by atoms with Gasteiger partial charge < -0.3 is 20.4 Å². The van der Waals surface area contributed by atoms with E-state index in [1.54, 1.807) is 24.3 Å². The number of nitrogens with zero attached hydrogens (tertiary/aromatic N) is 4. The number of hydrogen-bond donors (Lipinski definition) is 4. The van der Waals surface area contributed by atoms with Gasteiger partial charge >= 0.3 is 0 Å². The third-order valence-corrected chi connectivity index (χ3v) is 5.61. The van der Waals surface area contributed by atoms with E-state index in [1.807, 2.05) is 24.3 Å². The molecular formula is C23H27FN8O. The first-order valence-electron chi connectivity index (χ1n) is 10.8. The maximum atomic E-state index is 14.4. The normalized spacial score (nSPS) is 14.1. The fourth-order valence-electron chi connectivity index (χ4n) is 3.72. The van der Waals surface area contributed by atoms with Crippen molar-refractivity contribution in [2.24, 2.45) is 5.84 Å². The Balaban J connectivity index is 1.46. The van der Waals surface area contributed by atoms with Crippen molar-refractivity contribution in [3.8, 4) is 0 Å². The van der Waals surface area contributed by atoms with E-state index in [9.17, 15) is 9.18 Å². The van der Waals surface area contributed by atoms with Gasteiger partial charge in [0.15, 0.2) is 11.6 Å². The summed E-state index contributed by atoms with van der Waals surface area (Å²) < 4.78 is 14.4. The van der Waals surface area contributed by atoms with Gasteiger partial charge in [0.1, 0.15) is 0 Å². The summed E-state index contributed by atoms with van der Waals surface area (Å²) in [5, 5.41) is 5.95. The third kappa shape index (κ3) is 5.36. The molecule has 1 fully saturated rings. The standard InChI is InChI=1S/C23H27FN8O/c1-2-31-11-13-32(14-12-31)17-9-7-16(8-10-17)27-23-26-15-19(24)21(29-23)28-20-6-4-3-5-18(20)22(33)30-25/h3-10,15H,2,11-14,25H2,1H3,(H,30,33)(H2,26,27,28,29). The Bertz CT molecular complexity index is 1100. The van der Waals surface area contributed by atoms with Crippen LogP contribution in [0.15, 0.2) is 54.7 Å². The quantitative estimate of drug-likeness (QED) is 0.247. The van der Waals surface area contributed by atoms with Crippen molar-refractivity contribution < 1.29 is 9.18 Å². The first kappa shape index (κ1) is 22.4. The summed E-state index contributed by atoms with van der Waals surface area (Å²) in [4.78, 5) is 25.0. The minimum absolute atomic E-state index is 0.0600. The lowest BCUT2D eigenvalue weighted by atomic mass is 10.1. The maximum Gasteiger partial charge on any atom is 0.267 e. The zero-order valence-electron chi connectivity index (χ0n) is 18.4. The molecule has 1 aliphatic rings. The monoisotopic (exact) mass is 450 g/mol. The number of nitrogens with one attached hydrogen (secondary N) is 3. The van der Waals surface area contributed by atoms with E-state index in [1.165, 1.54) is 0 Å². The van der Waals surface area contributed by atoms with Gasteiger partial charge in [-0.05, 0) is 42.9 Å². The predicted molar refractivity (Wildman–Crippen MR) is 127 cm³/mol. The fraction of sp³-hybridized carbons (Fsp3) is 0.261. The fourth-order valence-corrected chi connectivity index (χ4v) is 3.72. The van der Waals surface area contributed by atoms with Gasteiger partial charge in [-0.1, -0.05) is 19.1 Å². The van der Waals surface area contributed by atoms with Crippen LogP contribution in [0.5, 0.6) is 0 Å². The molecule has 2 heterocycles. The molecule has 1 amide bonds. The lowest BCUT2D eigenvalue weighted by molar-refractivity contribution is 0.0954. The highest BCUT2D eigenvalue weighted by Crippen LogP contribution is 2.24. The summed E-state index contributed by atoms with van der Waals surface area (Å²) >= 11 is 0. The first-order chi connectivity index (χ1) is 16.1. The van der Waals surface area contributed by atoms with Gasteiger partial charge in [-0.3, -0.25) is 10.2 Å². The minimum Gasteiger partial charge on any atom is -0.369 e. The van der Waals surface area contributed by atoms with Gasteiger partial charge in [0.05, 0.1) is 17.4 Å². The summed E-state index contributed by atoms with van der Waals surface area (Å²) in [5.74, 6) is 4.25. The number of carbonyl (C=O) groups is 1. The van der Waals surface area contributed by atoms with Crippen molar-refractivity contribution >= 4 is 34.7 Å². The number of para-hydroxylation sites is 1. The van der Waals surface area contributed by atoms with Gasteiger partial charge in [0.2, 0.25) is 5.95 Å². The average Bonchev–Trinajstić information content (AvgIpc) is 2.86. The highest BCUT2D eigenvalue weighted by Gasteiger charge is 2.16. The van der Waals surface area contributed by atoms with Crippen molar-refractivity contribution in [1.29, 1.82) is 0 Å². The van der Waals surface area contributed by atoms with E-state index >= 15 is 0 Å². The van der Waals surface area contributed by atoms with Crippen LogP contribution in [0.3, 0.4) is 0 Å². The number of carbonyl (C=O) groups excluding carboxylic acids is 1. The molecule has 0 spiro atoms. The second-order valence-electron chi connectivity index (χ2n) is 7.63. The Kier molecular flexibility index (Phi) is 6.96. The first-order valence-corrected chi connectivity index (χ1v) is 10.8. The van der Waals surface area contributed by atoms with Gasteiger partial charge in [0.25, 0.3) is 5.91 Å². The molecule has 0 atom stereocenters. The van der Waals surface area contributed by atoms with Gasteiger partial charge in [-0.15, -0.1) is 0 Å². The van der Waals surface area contributed by atoms with Crippen LogP contribution >= 0.6 is 0 Å². The van der Waals surface area contributed by atoms with E-state index < -0.39 is 11.7 Å². The van der Waals surface area contributed by atoms with Crippen molar-refractivity contribution in [1.82, 2.24) is 20.3 Å². The largest absolute Gasteiger partial charge is 0.369 e.